The number of hydrogen-bond donors (Lipinski definition) is 0. The Kier molecular flexibility index (Phi) is 3.24. The summed E-state index contributed by atoms with van der Waals surface area (Å²) < 4.78 is 41.6. The molecule has 1 heterocycles. The zero-order valence-electron chi connectivity index (χ0n) is 7.84. The summed E-state index contributed by atoms with van der Waals surface area (Å²) in [7, 11) is 0. The van der Waals surface area contributed by atoms with Crippen molar-refractivity contribution in [3.63, 3.8) is 0 Å². The third-order valence-corrected chi connectivity index (χ3v) is 1.96. The minimum Gasteiger partial charge on any atom is -0.448 e. The average Bonchev–Trinajstić information content (AvgIpc) is 1.78. The van der Waals surface area contributed by atoms with Crippen LogP contribution in [-0.2, 0) is 4.74 Å². The minimum absolute atomic E-state index is 0.0955. The monoisotopic (exact) mass is 196 g/mol. The highest BCUT2D eigenvalue weighted by atomic mass is 19.4. The van der Waals surface area contributed by atoms with Gasteiger partial charge in [-0.2, -0.15) is 0 Å². The molecule has 1 aliphatic rings. The van der Waals surface area contributed by atoms with Crippen molar-refractivity contribution in [1.29, 1.82) is 0 Å². The van der Waals surface area contributed by atoms with Crippen LogP contribution in [0.2, 0.25) is 0 Å². The summed E-state index contributed by atoms with van der Waals surface area (Å²) in [5, 5.41) is 0. The van der Waals surface area contributed by atoms with Crippen molar-refractivity contribution < 1.29 is 17.7 Å². The summed E-state index contributed by atoms with van der Waals surface area (Å²) in [5.74, 6) is 0. The van der Waals surface area contributed by atoms with Gasteiger partial charge in [0.15, 0.2) is 0 Å². The Morgan fingerprint density at radius 3 is 2.08 bits per heavy atom. The summed E-state index contributed by atoms with van der Waals surface area (Å²) in [5.41, 5.74) is 0. The summed E-state index contributed by atoms with van der Waals surface area (Å²) >= 11 is 0. The number of nitrogens with zero attached hydrogens (tertiary/aromatic N) is 1. The summed E-state index contributed by atoms with van der Waals surface area (Å²) in [4.78, 5) is 1.42. The van der Waals surface area contributed by atoms with E-state index in [4.69, 9.17) is 4.74 Å². The fourth-order valence-corrected chi connectivity index (χ4v) is 1.73. The first-order valence-electron chi connectivity index (χ1n) is 4.45. The molecule has 0 aromatic rings. The van der Waals surface area contributed by atoms with Crippen LogP contribution < -0.4 is 0 Å². The Hall–Kier alpha value is -0.225. The van der Waals surface area contributed by atoms with Gasteiger partial charge in [0.1, 0.15) is 0 Å². The van der Waals surface area contributed by atoms with E-state index < -0.39 is 13.4 Å². The van der Waals surface area contributed by atoms with E-state index in [0.29, 0.717) is 13.1 Å². The van der Waals surface area contributed by atoms with Gasteiger partial charge < -0.3 is 22.6 Å². The molecule has 0 bridgehead atoms. The molecule has 0 saturated carbocycles. The molecule has 0 radical (unpaired) electrons. The van der Waals surface area contributed by atoms with E-state index in [2.05, 4.69) is 0 Å². The lowest BCUT2D eigenvalue weighted by Crippen LogP contribution is -2.50. The molecule has 0 aromatic carbocycles. The Balaban J connectivity index is 2.42. The molecule has 1 fully saturated rings. The van der Waals surface area contributed by atoms with Crippen molar-refractivity contribution in [3.8, 4) is 0 Å². The van der Waals surface area contributed by atoms with Crippen LogP contribution in [0.25, 0.3) is 0 Å². The number of rotatable bonds is 2. The fraction of sp³-hybridized carbons (Fsp3) is 1.00. The molecule has 1 aliphatic heterocycles. The lowest BCUT2D eigenvalue weighted by atomic mass is 9.90. The average molecular weight is 196 g/mol. The first kappa shape index (κ1) is 10.9. The molecule has 0 aliphatic carbocycles. The molecule has 0 spiro atoms. The second-order valence-electron chi connectivity index (χ2n) is 3.69. The van der Waals surface area contributed by atoms with Gasteiger partial charge in [0.2, 0.25) is 0 Å². The molecule has 0 N–H and O–H groups in total. The standard InChI is InChI=1S/C7H14BF3NO/c1-6-3-12(4-7(2)13-6)5-8(9,10)11/h6-7H,3-5H2,1-2H3/q-1/t6-,7+. The fourth-order valence-electron chi connectivity index (χ4n) is 1.73. The molecule has 2 atom stereocenters. The number of ether oxygens (including phenoxy) is 1. The Morgan fingerprint density at radius 1 is 1.23 bits per heavy atom. The van der Waals surface area contributed by atoms with E-state index in [1.165, 1.54) is 4.90 Å². The third-order valence-electron chi connectivity index (χ3n) is 1.96. The maximum Gasteiger partial charge on any atom is 0.492 e. The maximum atomic E-state index is 12.1. The lowest BCUT2D eigenvalue weighted by Gasteiger charge is -2.37. The van der Waals surface area contributed by atoms with Crippen molar-refractivity contribution in [2.45, 2.75) is 26.1 Å². The zero-order valence-corrected chi connectivity index (χ0v) is 7.84. The van der Waals surface area contributed by atoms with Crippen LogP contribution in [0.3, 0.4) is 0 Å². The summed E-state index contributed by atoms with van der Waals surface area (Å²) in [6.45, 7) is -0.344. The molecular formula is C7H14BF3NO-. The predicted octanol–water partition coefficient (Wildman–Crippen LogP) is 1.48. The van der Waals surface area contributed by atoms with E-state index in [-0.39, 0.29) is 12.2 Å². The molecule has 1 rings (SSSR count). The molecule has 1 saturated heterocycles. The first-order valence-corrected chi connectivity index (χ1v) is 4.45. The SMILES string of the molecule is C[C@@H]1CN(C[B-](F)(F)F)C[C@H](C)O1. The molecule has 0 unspecified atom stereocenters. The van der Waals surface area contributed by atoms with Gasteiger partial charge in [0, 0.05) is 13.1 Å². The van der Waals surface area contributed by atoms with Gasteiger partial charge in [-0.3, -0.25) is 0 Å². The van der Waals surface area contributed by atoms with Crippen LogP contribution in [0.15, 0.2) is 0 Å². The van der Waals surface area contributed by atoms with Gasteiger partial charge in [0.25, 0.3) is 0 Å². The van der Waals surface area contributed by atoms with Crippen molar-refractivity contribution in [2.75, 3.05) is 19.5 Å². The molecule has 0 amide bonds. The van der Waals surface area contributed by atoms with E-state index in [1.807, 2.05) is 0 Å². The zero-order chi connectivity index (χ0) is 10.1. The Labute approximate surface area is 76.1 Å². The highest BCUT2D eigenvalue weighted by Crippen LogP contribution is 2.16. The third kappa shape index (κ3) is 4.00. The van der Waals surface area contributed by atoms with Crippen molar-refractivity contribution >= 4 is 6.98 Å². The minimum atomic E-state index is -4.70. The topological polar surface area (TPSA) is 12.5 Å². The van der Waals surface area contributed by atoms with Crippen molar-refractivity contribution in [3.05, 3.63) is 0 Å². The van der Waals surface area contributed by atoms with Crippen molar-refractivity contribution in [1.82, 2.24) is 4.90 Å². The van der Waals surface area contributed by atoms with Gasteiger partial charge in [-0.15, -0.1) is 0 Å². The van der Waals surface area contributed by atoms with Gasteiger partial charge >= 0.3 is 6.98 Å². The highest BCUT2D eigenvalue weighted by Gasteiger charge is 2.30. The van der Waals surface area contributed by atoms with E-state index in [9.17, 15) is 12.9 Å². The van der Waals surface area contributed by atoms with Crippen molar-refractivity contribution in [2.24, 2.45) is 0 Å². The molecule has 13 heavy (non-hydrogen) atoms. The van der Waals surface area contributed by atoms with E-state index in [0.717, 1.165) is 0 Å². The normalized spacial score (nSPS) is 32.1. The molecule has 78 valence electrons. The van der Waals surface area contributed by atoms with Gasteiger partial charge in [-0.1, -0.05) is 0 Å². The largest absolute Gasteiger partial charge is 0.492 e. The lowest BCUT2D eigenvalue weighted by molar-refractivity contribution is -0.0647. The Morgan fingerprint density at radius 2 is 1.69 bits per heavy atom. The van der Waals surface area contributed by atoms with E-state index in [1.54, 1.807) is 13.8 Å². The molecule has 6 heteroatoms. The summed E-state index contributed by atoms with van der Waals surface area (Å²) in [6.07, 6.45) is -0.957. The van der Waals surface area contributed by atoms with E-state index >= 15 is 0 Å². The molecule has 0 aromatic heterocycles. The van der Waals surface area contributed by atoms with Crippen LogP contribution >= 0.6 is 0 Å². The van der Waals surface area contributed by atoms with Crippen LogP contribution in [0.1, 0.15) is 13.8 Å². The maximum absolute atomic E-state index is 12.1. The number of halogens is 3. The Bertz CT molecular complexity index is 166. The van der Waals surface area contributed by atoms with Crippen LogP contribution in [0.4, 0.5) is 12.9 Å². The molecule has 2 nitrogen and oxygen atoms in total. The van der Waals surface area contributed by atoms with Crippen LogP contribution in [-0.4, -0.2) is 43.6 Å². The van der Waals surface area contributed by atoms with Gasteiger partial charge in [0.05, 0.1) is 12.2 Å². The quantitative estimate of drug-likeness (QED) is 0.620. The molecular weight excluding hydrogens is 182 g/mol. The van der Waals surface area contributed by atoms with Crippen LogP contribution in [0, 0.1) is 0 Å². The van der Waals surface area contributed by atoms with Gasteiger partial charge in [-0.25, -0.2) is 0 Å². The summed E-state index contributed by atoms with van der Waals surface area (Å²) in [6, 6.07) is 0. The second kappa shape index (κ2) is 3.88. The second-order valence-corrected chi connectivity index (χ2v) is 3.69. The predicted molar refractivity (Wildman–Crippen MR) is 45.5 cm³/mol. The first-order chi connectivity index (χ1) is 5.87. The highest BCUT2D eigenvalue weighted by molar-refractivity contribution is 6.58. The van der Waals surface area contributed by atoms with Gasteiger partial charge in [-0.05, 0) is 20.3 Å². The van der Waals surface area contributed by atoms with Crippen LogP contribution in [0.5, 0.6) is 0 Å². The number of morpholine rings is 1. The number of hydrogen-bond acceptors (Lipinski definition) is 2. The smallest absolute Gasteiger partial charge is 0.448 e.